The van der Waals surface area contributed by atoms with Crippen LogP contribution in [0.5, 0.6) is 0 Å². The number of amides is 1. The molecule has 1 aliphatic carbocycles. The number of carboxylic acids is 1. The molecular formula is C19H20N2O4. The van der Waals surface area contributed by atoms with Crippen molar-refractivity contribution in [2.24, 2.45) is 11.3 Å². The van der Waals surface area contributed by atoms with E-state index in [1.165, 1.54) is 0 Å². The Balaban J connectivity index is 1.42. The van der Waals surface area contributed by atoms with E-state index >= 15 is 0 Å². The van der Waals surface area contributed by atoms with Crippen molar-refractivity contribution in [2.45, 2.75) is 26.2 Å². The minimum Gasteiger partial charge on any atom is -0.481 e. The predicted octanol–water partition coefficient (Wildman–Crippen LogP) is 2.98. The first kappa shape index (κ1) is 15.9. The van der Waals surface area contributed by atoms with Gasteiger partial charge in [0.15, 0.2) is 0 Å². The summed E-state index contributed by atoms with van der Waals surface area (Å²) in [5.41, 5.74) is 2.63. The quantitative estimate of drug-likeness (QED) is 0.928. The molecule has 1 spiro atoms. The topological polar surface area (TPSA) is 83.6 Å². The van der Waals surface area contributed by atoms with Gasteiger partial charge in [-0.05, 0) is 31.6 Å². The molecule has 0 bridgehead atoms. The lowest BCUT2D eigenvalue weighted by atomic mass is 9.90. The lowest BCUT2D eigenvalue weighted by molar-refractivity contribution is -0.139. The molecule has 6 heteroatoms. The lowest BCUT2D eigenvalue weighted by Crippen LogP contribution is -2.39. The van der Waals surface area contributed by atoms with Crippen molar-refractivity contribution in [1.82, 2.24) is 10.1 Å². The Labute approximate surface area is 145 Å². The summed E-state index contributed by atoms with van der Waals surface area (Å²) < 4.78 is 5.26. The second-order valence-electron chi connectivity index (χ2n) is 7.19. The number of carboxylic acid groups (broad SMARTS) is 1. The third kappa shape index (κ3) is 2.81. The molecule has 130 valence electrons. The Morgan fingerprint density at radius 1 is 1.24 bits per heavy atom. The van der Waals surface area contributed by atoms with Gasteiger partial charge in [-0.25, -0.2) is 0 Å². The van der Waals surface area contributed by atoms with Gasteiger partial charge in [0.25, 0.3) is 5.91 Å². The molecule has 1 atom stereocenters. The van der Waals surface area contributed by atoms with Crippen molar-refractivity contribution in [2.75, 3.05) is 13.1 Å². The van der Waals surface area contributed by atoms with Crippen LogP contribution in [0.2, 0.25) is 0 Å². The van der Waals surface area contributed by atoms with E-state index in [0.29, 0.717) is 18.8 Å². The fourth-order valence-electron chi connectivity index (χ4n) is 3.80. The van der Waals surface area contributed by atoms with Gasteiger partial charge in [0.1, 0.15) is 5.69 Å². The Bertz CT molecular complexity index is 816. The van der Waals surface area contributed by atoms with Crippen LogP contribution in [0.15, 0.2) is 34.9 Å². The van der Waals surface area contributed by atoms with Crippen molar-refractivity contribution < 1.29 is 19.2 Å². The van der Waals surface area contributed by atoms with E-state index in [-0.39, 0.29) is 23.0 Å². The van der Waals surface area contributed by atoms with Crippen molar-refractivity contribution in [3.63, 3.8) is 0 Å². The molecule has 2 aliphatic rings. The first-order valence-corrected chi connectivity index (χ1v) is 8.54. The van der Waals surface area contributed by atoms with Crippen molar-refractivity contribution in [3.05, 3.63) is 41.7 Å². The third-order valence-electron chi connectivity index (χ3n) is 5.60. The normalized spacial score (nSPS) is 21.3. The van der Waals surface area contributed by atoms with Gasteiger partial charge >= 0.3 is 5.97 Å². The molecule has 1 amide bonds. The molecule has 2 heterocycles. The molecule has 1 N–H and O–H groups in total. The van der Waals surface area contributed by atoms with E-state index in [9.17, 15) is 9.59 Å². The maximum atomic E-state index is 12.6. The summed E-state index contributed by atoms with van der Waals surface area (Å²) in [6, 6.07) is 9.55. The average Bonchev–Trinajstić information content (AvgIpc) is 3.09. The maximum Gasteiger partial charge on any atom is 0.307 e. The van der Waals surface area contributed by atoms with Gasteiger partial charge < -0.3 is 14.5 Å². The Morgan fingerprint density at radius 3 is 2.52 bits per heavy atom. The number of aryl methyl sites for hydroxylation is 1. The van der Waals surface area contributed by atoms with Crippen LogP contribution < -0.4 is 0 Å². The number of carbonyl (C=O) groups excluding carboxylic acids is 1. The number of hydrogen-bond donors (Lipinski definition) is 1. The summed E-state index contributed by atoms with van der Waals surface area (Å²) in [5.74, 6) is -0.883. The number of benzene rings is 1. The van der Waals surface area contributed by atoms with Gasteiger partial charge in [-0.15, -0.1) is 0 Å². The zero-order chi connectivity index (χ0) is 17.6. The highest BCUT2D eigenvalue weighted by atomic mass is 16.5. The molecule has 1 saturated heterocycles. The van der Waals surface area contributed by atoms with Crippen LogP contribution in [-0.2, 0) is 4.79 Å². The van der Waals surface area contributed by atoms with Crippen LogP contribution >= 0.6 is 0 Å². The maximum absolute atomic E-state index is 12.6. The summed E-state index contributed by atoms with van der Waals surface area (Å²) in [5, 5.41) is 13.2. The minimum absolute atomic E-state index is 0.0862. The summed E-state index contributed by atoms with van der Waals surface area (Å²) in [6.45, 7) is 3.16. The zero-order valence-corrected chi connectivity index (χ0v) is 14.1. The zero-order valence-electron chi connectivity index (χ0n) is 14.1. The molecule has 1 saturated carbocycles. The van der Waals surface area contributed by atoms with Crippen LogP contribution in [0.25, 0.3) is 11.3 Å². The van der Waals surface area contributed by atoms with E-state index in [0.717, 1.165) is 30.4 Å². The number of aromatic nitrogens is 1. The first-order chi connectivity index (χ1) is 12.0. The Morgan fingerprint density at radius 2 is 1.92 bits per heavy atom. The molecule has 4 rings (SSSR count). The minimum atomic E-state index is -0.710. The number of nitrogens with zero attached hydrogens (tertiary/aromatic N) is 2. The third-order valence-corrected chi connectivity index (χ3v) is 5.60. The molecule has 0 radical (unpaired) electrons. The Kier molecular flexibility index (Phi) is 3.63. The van der Waals surface area contributed by atoms with Crippen LogP contribution in [0.4, 0.5) is 0 Å². The van der Waals surface area contributed by atoms with E-state index in [4.69, 9.17) is 9.63 Å². The lowest BCUT2D eigenvalue weighted by Gasteiger charge is -2.31. The second-order valence-corrected chi connectivity index (χ2v) is 7.19. The highest BCUT2D eigenvalue weighted by Gasteiger charge is 2.59. The molecule has 25 heavy (non-hydrogen) atoms. The SMILES string of the molecule is Cc1ccc(-c2cc(C(=O)N3CCC4(CC3)CC4C(=O)O)on2)cc1. The standard InChI is InChI=1S/C19H20N2O4/c1-12-2-4-13(5-3-12)15-10-16(25-20-15)17(22)21-8-6-19(7-9-21)11-14(19)18(23)24/h2-5,10,14H,6-9,11H2,1H3,(H,23,24). The monoisotopic (exact) mass is 340 g/mol. The van der Waals surface area contributed by atoms with Gasteiger partial charge in [0.2, 0.25) is 5.76 Å². The number of rotatable bonds is 3. The van der Waals surface area contributed by atoms with Gasteiger partial charge in [-0.2, -0.15) is 0 Å². The van der Waals surface area contributed by atoms with Crippen LogP contribution in [0.1, 0.15) is 35.4 Å². The summed E-state index contributed by atoms with van der Waals surface area (Å²) >= 11 is 0. The van der Waals surface area contributed by atoms with Gasteiger partial charge in [-0.3, -0.25) is 9.59 Å². The summed E-state index contributed by atoms with van der Waals surface area (Å²) in [4.78, 5) is 25.5. The number of hydrogen-bond acceptors (Lipinski definition) is 4. The van der Waals surface area contributed by atoms with E-state index in [1.807, 2.05) is 31.2 Å². The van der Waals surface area contributed by atoms with E-state index in [1.54, 1.807) is 11.0 Å². The van der Waals surface area contributed by atoms with E-state index < -0.39 is 5.97 Å². The molecule has 1 aliphatic heterocycles. The average molecular weight is 340 g/mol. The molecular weight excluding hydrogens is 320 g/mol. The smallest absolute Gasteiger partial charge is 0.307 e. The summed E-state index contributed by atoms with van der Waals surface area (Å²) in [7, 11) is 0. The van der Waals surface area contributed by atoms with Crippen molar-refractivity contribution in [3.8, 4) is 11.3 Å². The molecule has 1 aromatic carbocycles. The van der Waals surface area contributed by atoms with Gasteiger partial charge in [-0.1, -0.05) is 35.0 Å². The number of piperidine rings is 1. The van der Waals surface area contributed by atoms with Crippen molar-refractivity contribution >= 4 is 11.9 Å². The summed E-state index contributed by atoms with van der Waals surface area (Å²) in [6.07, 6.45) is 2.23. The highest BCUT2D eigenvalue weighted by molar-refractivity contribution is 5.92. The predicted molar refractivity (Wildman–Crippen MR) is 90.0 cm³/mol. The largest absolute Gasteiger partial charge is 0.481 e. The fourth-order valence-corrected chi connectivity index (χ4v) is 3.80. The molecule has 1 aromatic heterocycles. The number of likely N-dealkylation sites (tertiary alicyclic amines) is 1. The first-order valence-electron chi connectivity index (χ1n) is 8.54. The van der Waals surface area contributed by atoms with Crippen LogP contribution in [0, 0.1) is 18.3 Å². The second kappa shape index (κ2) is 5.72. The van der Waals surface area contributed by atoms with Gasteiger partial charge in [0.05, 0.1) is 5.92 Å². The number of aliphatic carboxylic acids is 1. The van der Waals surface area contributed by atoms with Crippen LogP contribution in [0.3, 0.4) is 0 Å². The fraction of sp³-hybridized carbons (Fsp3) is 0.421. The molecule has 1 unspecified atom stereocenters. The molecule has 2 aromatic rings. The van der Waals surface area contributed by atoms with E-state index in [2.05, 4.69) is 5.16 Å². The van der Waals surface area contributed by atoms with Crippen LogP contribution in [-0.4, -0.2) is 40.1 Å². The molecule has 2 fully saturated rings. The number of carbonyl (C=O) groups is 2. The molecule has 6 nitrogen and oxygen atoms in total. The van der Waals surface area contributed by atoms with Gasteiger partial charge in [0, 0.05) is 24.7 Å². The van der Waals surface area contributed by atoms with Crippen molar-refractivity contribution in [1.29, 1.82) is 0 Å². The highest BCUT2D eigenvalue weighted by Crippen LogP contribution is 2.59. The Hall–Kier alpha value is -2.63.